The number of aliphatic hydroxyl groups is 1. The van der Waals surface area contributed by atoms with Crippen molar-refractivity contribution >= 4 is 0 Å². The highest BCUT2D eigenvalue weighted by Crippen LogP contribution is 2.01. The van der Waals surface area contributed by atoms with E-state index in [-0.39, 0.29) is 6.10 Å². The van der Waals surface area contributed by atoms with Gasteiger partial charge < -0.3 is 24.7 Å². The molecule has 22 heavy (non-hydrogen) atoms. The van der Waals surface area contributed by atoms with Crippen molar-refractivity contribution in [1.82, 2.24) is 19.6 Å². The van der Waals surface area contributed by atoms with Crippen molar-refractivity contribution in [1.29, 1.82) is 0 Å². The Labute approximate surface area is 138 Å². The molecule has 0 aromatic heterocycles. The molecule has 0 heterocycles. The molecule has 5 nitrogen and oxygen atoms in total. The van der Waals surface area contributed by atoms with E-state index in [9.17, 15) is 5.11 Å². The molecule has 0 saturated heterocycles. The Bertz CT molecular complexity index is 251. The maximum Gasteiger partial charge on any atom is 0.0667 e. The standard InChI is InChI=1S/C17H40N4O/c1-7-8-9-17(22)16-21(6)15-14-20(5)13-12-19(4)11-10-18(2)3/h17,22H,7-16H2,1-6H3. The van der Waals surface area contributed by atoms with E-state index in [0.717, 1.165) is 65.1 Å². The number of hydrogen-bond acceptors (Lipinski definition) is 5. The Morgan fingerprint density at radius 3 is 1.64 bits per heavy atom. The third-order valence-corrected chi connectivity index (χ3v) is 4.07. The van der Waals surface area contributed by atoms with E-state index in [0.29, 0.717) is 0 Å². The summed E-state index contributed by atoms with van der Waals surface area (Å²) >= 11 is 0. The largest absolute Gasteiger partial charge is 0.392 e. The maximum absolute atomic E-state index is 9.93. The molecule has 0 spiro atoms. The van der Waals surface area contributed by atoms with Gasteiger partial charge in [-0.05, 0) is 41.7 Å². The zero-order valence-corrected chi connectivity index (χ0v) is 15.9. The van der Waals surface area contributed by atoms with Gasteiger partial charge in [0.15, 0.2) is 0 Å². The fraction of sp³-hybridized carbons (Fsp3) is 1.00. The zero-order chi connectivity index (χ0) is 17.0. The van der Waals surface area contributed by atoms with E-state index in [4.69, 9.17) is 0 Å². The SMILES string of the molecule is CCCCC(O)CN(C)CCN(C)CCN(C)CCN(C)C. The maximum atomic E-state index is 9.93. The zero-order valence-electron chi connectivity index (χ0n) is 15.9. The van der Waals surface area contributed by atoms with Gasteiger partial charge in [0.2, 0.25) is 0 Å². The lowest BCUT2D eigenvalue weighted by atomic mass is 10.1. The fourth-order valence-electron chi connectivity index (χ4n) is 2.26. The van der Waals surface area contributed by atoms with Crippen LogP contribution in [-0.2, 0) is 0 Å². The molecular weight excluding hydrogens is 276 g/mol. The number of rotatable bonds is 14. The van der Waals surface area contributed by atoms with Crippen molar-refractivity contribution in [2.45, 2.75) is 32.3 Å². The van der Waals surface area contributed by atoms with E-state index in [1.165, 1.54) is 0 Å². The Morgan fingerprint density at radius 1 is 0.727 bits per heavy atom. The van der Waals surface area contributed by atoms with Crippen LogP contribution in [0, 0.1) is 0 Å². The first-order valence-electron chi connectivity index (χ1n) is 8.73. The number of likely N-dealkylation sites (N-methyl/N-ethyl adjacent to an activating group) is 4. The summed E-state index contributed by atoms with van der Waals surface area (Å²) in [7, 11) is 10.7. The van der Waals surface area contributed by atoms with Crippen molar-refractivity contribution in [3.8, 4) is 0 Å². The third-order valence-electron chi connectivity index (χ3n) is 4.07. The van der Waals surface area contributed by atoms with E-state index in [2.05, 4.69) is 61.8 Å². The van der Waals surface area contributed by atoms with E-state index >= 15 is 0 Å². The molecule has 1 N–H and O–H groups in total. The fourth-order valence-corrected chi connectivity index (χ4v) is 2.26. The van der Waals surface area contributed by atoms with Gasteiger partial charge in [-0.2, -0.15) is 0 Å². The van der Waals surface area contributed by atoms with Crippen molar-refractivity contribution in [2.75, 3.05) is 81.1 Å². The minimum Gasteiger partial charge on any atom is -0.392 e. The lowest BCUT2D eigenvalue weighted by Gasteiger charge is -2.26. The number of unbranched alkanes of at least 4 members (excludes halogenated alkanes) is 1. The second-order valence-electron chi connectivity index (χ2n) is 6.97. The predicted molar refractivity (Wildman–Crippen MR) is 96.6 cm³/mol. The minimum absolute atomic E-state index is 0.174. The molecule has 0 aromatic carbocycles. The van der Waals surface area contributed by atoms with Crippen LogP contribution in [0.3, 0.4) is 0 Å². The van der Waals surface area contributed by atoms with Crippen LogP contribution in [0.25, 0.3) is 0 Å². The molecule has 0 radical (unpaired) electrons. The molecule has 0 aliphatic heterocycles. The van der Waals surface area contributed by atoms with Crippen molar-refractivity contribution in [3.05, 3.63) is 0 Å². The predicted octanol–water partition coefficient (Wildman–Crippen LogP) is 0.895. The average molecular weight is 317 g/mol. The van der Waals surface area contributed by atoms with Crippen molar-refractivity contribution < 1.29 is 5.11 Å². The molecule has 0 saturated carbocycles. The molecule has 0 fully saturated rings. The van der Waals surface area contributed by atoms with Gasteiger partial charge in [0.1, 0.15) is 0 Å². The Kier molecular flexibility index (Phi) is 13.1. The molecule has 0 bridgehead atoms. The van der Waals surface area contributed by atoms with Crippen LogP contribution in [0.15, 0.2) is 0 Å². The van der Waals surface area contributed by atoms with Crippen LogP contribution in [0.1, 0.15) is 26.2 Å². The topological polar surface area (TPSA) is 33.2 Å². The molecule has 0 aromatic rings. The molecule has 0 amide bonds. The van der Waals surface area contributed by atoms with Gasteiger partial charge in [0.25, 0.3) is 0 Å². The number of hydrogen-bond donors (Lipinski definition) is 1. The second-order valence-corrected chi connectivity index (χ2v) is 6.97. The molecule has 0 aliphatic carbocycles. The quantitative estimate of drug-likeness (QED) is 0.515. The molecule has 0 rings (SSSR count). The highest BCUT2D eigenvalue weighted by Gasteiger charge is 2.09. The summed E-state index contributed by atoms with van der Waals surface area (Å²) in [5.41, 5.74) is 0. The molecule has 5 heteroatoms. The summed E-state index contributed by atoms with van der Waals surface area (Å²) < 4.78 is 0. The lowest BCUT2D eigenvalue weighted by molar-refractivity contribution is 0.110. The Balaban J connectivity index is 3.68. The summed E-state index contributed by atoms with van der Waals surface area (Å²) in [6, 6.07) is 0. The van der Waals surface area contributed by atoms with Crippen LogP contribution in [0.2, 0.25) is 0 Å². The monoisotopic (exact) mass is 316 g/mol. The Hall–Kier alpha value is -0.200. The van der Waals surface area contributed by atoms with Gasteiger partial charge in [-0.3, -0.25) is 0 Å². The molecule has 134 valence electrons. The van der Waals surface area contributed by atoms with Crippen LogP contribution >= 0.6 is 0 Å². The summed E-state index contributed by atoms with van der Waals surface area (Å²) in [6.07, 6.45) is 3.03. The third kappa shape index (κ3) is 13.5. The van der Waals surface area contributed by atoms with Gasteiger partial charge in [0, 0.05) is 45.8 Å². The van der Waals surface area contributed by atoms with Crippen molar-refractivity contribution in [2.24, 2.45) is 0 Å². The summed E-state index contributed by atoms with van der Waals surface area (Å²) in [6.45, 7) is 9.45. The van der Waals surface area contributed by atoms with Crippen LogP contribution in [0.4, 0.5) is 0 Å². The number of aliphatic hydroxyl groups excluding tert-OH is 1. The van der Waals surface area contributed by atoms with E-state index in [1.54, 1.807) is 0 Å². The minimum atomic E-state index is -0.174. The van der Waals surface area contributed by atoms with Crippen molar-refractivity contribution in [3.63, 3.8) is 0 Å². The van der Waals surface area contributed by atoms with Gasteiger partial charge in [-0.15, -0.1) is 0 Å². The average Bonchev–Trinajstić information content (AvgIpc) is 2.46. The Morgan fingerprint density at radius 2 is 1.18 bits per heavy atom. The highest BCUT2D eigenvalue weighted by atomic mass is 16.3. The van der Waals surface area contributed by atoms with Crippen LogP contribution in [-0.4, -0.2) is 112 Å². The molecule has 0 aliphatic rings. The van der Waals surface area contributed by atoms with Gasteiger partial charge in [-0.1, -0.05) is 19.8 Å². The number of nitrogens with zero attached hydrogens (tertiary/aromatic N) is 4. The summed E-state index contributed by atoms with van der Waals surface area (Å²) in [5, 5.41) is 9.93. The normalized spacial score (nSPS) is 13.8. The van der Waals surface area contributed by atoms with Crippen LogP contribution in [0.5, 0.6) is 0 Å². The summed E-state index contributed by atoms with van der Waals surface area (Å²) in [5.74, 6) is 0. The van der Waals surface area contributed by atoms with Gasteiger partial charge in [-0.25, -0.2) is 0 Å². The molecular formula is C17H40N4O. The first kappa shape index (κ1) is 21.8. The second kappa shape index (κ2) is 13.3. The highest BCUT2D eigenvalue weighted by molar-refractivity contribution is 4.64. The van der Waals surface area contributed by atoms with E-state index in [1.807, 2.05) is 0 Å². The summed E-state index contributed by atoms with van der Waals surface area (Å²) in [4.78, 5) is 9.22. The van der Waals surface area contributed by atoms with Gasteiger partial charge >= 0.3 is 0 Å². The first-order valence-corrected chi connectivity index (χ1v) is 8.73. The van der Waals surface area contributed by atoms with Gasteiger partial charge in [0.05, 0.1) is 6.10 Å². The molecule has 1 atom stereocenters. The molecule has 1 unspecified atom stereocenters. The smallest absolute Gasteiger partial charge is 0.0667 e. The first-order chi connectivity index (χ1) is 10.3. The van der Waals surface area contributed by atoms with E-state index < -0.39 is 0 Å². The lowest BCUT2D eigenvalue weighted by Crippen LogP contribution is -2.39. The van der Waals surface area contributed by atoms with Crippen LogP contribution < -0.4 is 0 Å².